The predicted molar refractivity (Wildman–Crippen MR) is 32.3 cm³/mol. The smallest absolute Gasteiger partial charge is 0.228 e. The van der Waals surface area contributed by atoms with Gasteiger partial charge in [0.15, 0.2) is 9.84 Å². The quantitative estimate of drug-likeness (QED) is 0.545. The summed E-state index contributed by atoms with van der Waals surface area (Å²) in [5, 5.41) is 4.46. The second-order valence-electron chi connectivity index (χ2n) is 1.51. The second kappa shape index (κ2) is 2.24. The van der Waals surface area contributed by atoms with E-state index in [0.717, 1.165) is 6.26 Å². The first-order chi connectivity index (χ1) is 3.71. The van der Waals surface area contributed by atoms with Gasteiger partial charge in [-0.15, -0.1) is 0 Å². The summed E-state index contributed by atoms with van der Waals surface area (Å²) in [5.41, 5.74) is 0. The van der Waals surface area contributed by atoms with Crippen molar-refractivity contribution >= 4 is 19.9 Å². The number of hydrogen-bond donors (Lipinski definition) is 1. The Balaban J connectivity index is 4.46. The van der Waals surface area contributed by atoms with Crippen LogP contribution in [0.1, 0.15) is 0 Å². The van der Waals surface area contributed by atoms with Gasteiger partial charge >= 0.3 is 0 Å². The van der Waals surface area contributed by atoms with Gasteiger partial charge in [-0.3, -0.25) is 0 Å². The Morgan fingerprint density at radius 3 is 1.56 bits per heavy atom. The van der Waals surface area contributed by atoms with E-state index in [0.29, 0.717) is 0 Å². The van der Waals surface area contributed by atoms with Gasteiger partial charge in [-0.25, -0.2) is 22.0 Å². The summed E-state index contributed by atoms with van der Waals surface area (Å²) in [7, 11) is -7.61. The van der Waals surface area contributed by atoms with Crippen LogP contribution < -0.4 is 5.14 Å². The van der Waals surface area contributed by atoms with Crippen molar-refractivity contribution in [3.8, 4) is 0 Å². The van der Waals surface area contributed by atoms with Gasteiger partial charge in [0.05, 0.1) is 0 Å². The Kier molecular flexibility index (Phi) is 2.20. The first-order valence-corrected chi connectivity index (χ1v) is 5.35. The van der Waals surface area contributed by atoms with Gasteiger partial charge in [-0.1, -0.05) is 0 Å². The van der Waals surface area contributed by atoms with E-state index in [4.69, 9.17) is 0 Å². The molecule has 55 valence electrons. The number of primary sulfonamides is 1. The minimum absolute atomic E-state index is 0.0972. The lowest BCUT2D eigenvalue weighted by Gasteiger charge is -1.90. The van der Waals surface area contributed by atoms with Crippen LogP contribution in [0.4, 0.5) is 0 Å². The van der Waals surface area contributed by atoms with Crippen molar-refractivity contribution in [1.82, 2.24) is 0 Å². The summed E-state index contributed by atoms with van der Waals surface area (Å²) in [6, 6.07) is 0. The molecule has 0 amide bonds. The molecule has 0 aliphatic rings. The lowest BCUT2D eigenvalue weighted by molar-refractivity contribution is 0.598. The third kappa shape index (κ3) is 7.86. The van der Waals surface area contributed by atoms with Crippen LogP contribution >= 0.6 is 0 Å². The largest absolute Gasteiger partial charge is 0.228 e. The Bertz CT molecular complexity index is 242. The van der Waals surface area contributed by atoms with Gasteiger partial charge in [-0.05, 0) is 0 Å². The first kappa shape index (κ1) is 8.86. The average molecular weight is 172 g/mol. The van der Waals surface area contributed by atoms with E-state index in [2.05, 4.69) is 5.14 Å². The van der Waals surface area contributed by atoms with Crippen LogP contribution in [-0.4, -0.2) is 23.1 Å². The van der Waals surface area contributed by atoms with E-state index in [1.54, 1.807) is 0 Å². The summed E-state index contributed by atoms with van der Waals surface area (Å²) < 4.78 is 40.2. The molecule has 0 spiro atoms. The molecule has 0 heterocycles. The van der Waals surface area contributed by atoms with Gasteiger partial charge in [-0.2, -0.15) is 0 Å². The van der Waals surface area contributed by atoms with Crippen molar-refractivity contribution in [3.05, 3.63) is 5.08 Å². The predicted octanol–water partition coefficient (Wildman–Crippen LogP) is -1.56. The fraction of sp³-hybridized carbons (Fsp3) is 0.500. The van der Waals surface area contributed by atoms with Crippen molar-refractivity contribution < 1.29 is 16.8 Å². The fourth-order valence-electron chi connectivity index (χ4n) is 0.244. The summed E-state index contributed by atoms with van der Waals surface area (Å²) in [6.07, 6.45) is 0.747. The first-order valence-electron chi connectivity index (χ1n) is 1.78. The molecule has 9 heavy (non-hydrogen) atoms. The molecule has 0 aliphatic heterocycles. The van der Waals surface area contributed by atoms with Gasteiger partial charge in [0.1, 0.15) is 0 Å². The lowest BCUT2D eigenvalue weighted by Crippen LogP contribution is -2.16. The molecule has 0 saturated heterocycles. The zero-order valence-corrected chi connectivity index (χ0v) is 6.24. The number of sulfone groups is 1. The van der Waals surface area contributed by atoms with E-state index >= 15 is 0 Å². The zero-order valence-electron chi connectivity index (χ0n) is 4.60. The minimum Gasteiger partial charge on any atom is -0.228 e. The molecule has 0 aromatic heterocycles. The molecule has 0 rings (SSSR count). The van der Waals surface area contributed by atoms with E-state index in [1.807, 2.05) is 0 Å². The highest BCUT2D eigenvalue weighted by Gasteiger charge is 2.13. The SMILES string of the molecule is CS(=O)(=O)[CH]S(N)(=O)=O. The molecule has 5 nitrogen and oxygen atoms in total. The van der Waals surface area contributed by atoms with Crippen LogP contribution in [0.3, 0.4) is 0 Å². The van der Waals surface area contributed by atoms with E-state index in [1.165, 1.54) is 0 Å². The van der Waals surface area contributed by atoms with Crippen molar-refractivity contribution in [2.24, 2.45) is 5.14 Å². The maximum Gasteiger partial charge on any atom is 0.228 e. The number of nitrogens with two attached hydrogens (primary N) is 1. The molecule has 0 aromatic rings. The summed E-state index contributed by atoms with van der Waals surface area (Å²) >= 11 is 0. The number of sulfonamides is 1. The third-order valence-electron chi connectivity index (χ3n) is 0.309. The molecule has 1 radical (unpaired) electrons. The van der Waals surface area contributed by atoms with Crippen LogP contribution in [0.15, 0.2) is 0 Å². The second-order valence-corrected chi connectivity index (χ2v) is 5.12. The zero-order chi connectivity index (χ0) is 7.71. The molecular formula is C2H6NO4S2. The van der Waals surface area contributed by atoms with E-state index < -0.39 is 19.9 Å². The maximum atomic E-state index is 10.1. The van der Waals surface area contributed by atoms with Gasteiger partial charge in [0.2, 0.25) is 15.1 Å². The molecule has 0 unspecified atom stereocenters. The van der Waals surface area contributed by atoms with Crippen molar-refractivity contribution in [2.75, 3.05) is 6.26 Å². The van der Waals surface area contributed by atoms with Gasteiger partial charge < -0.3 is 0 Å². The summed E-state index contributed by atoms with van der Waals surface area (Å²) in [6.45, 7) is 0. The topological polar surface area (TPSA) is 94.3 Å². The Hall–Kier alpha value is -0.140. The molecule has 0 aromatic carbocycles. The Labute approximate surface area is 53.8 Å². The average Bonchev–Trinajstić information content (AvgIpc) is 1.14. The van der Waals surface area contributed by atoms with Crippen LogP contribution in [0.2, 0.25) is 0 Å². The standard InChI is InChI=1S/C2H6NO4S2/c1-8(4,5)2-9(3,6)7/h2H,1H3,(H2,3,6,7). The van der Waals surface area contributed by atoms with E-state index in [-0.39, 0.29) is 5.08 Å². The van der Waals surface area contributed by atoms with Crippen LogP contribution in [0, 0.1) is 5.08 Å². The molecule has 0 atom stereocenters. The monoisotopic (exact) mass is 172 g/mol. The highest BCUT2D eigenvalue weighted by molar-refractivity contribution is 8.10. The fourth-order valence-corrected chi connectivity index (χ4v) is 2.19. The maximum absolute atomic E-state index is 10.1. The number of rotatable bonds is 2. The highest BCUT2D eigenvalue weighted by Crippen LogP contribution is 1.93. The van der Waals surface area contributed by atoms with Gasteiger partial charge in [0.25, 0.3) is 0 Å². The molecule has 0 saturated carbocycles. The molecular weight excluding hydrogens is 166 g/mol. The molecule has 0 bridgehead atoms. The molecule has 2 N–H and O–H groups in total. The van der Waals surface area contributed by atoms with Crippen LogP contribution in [0.25, 0.3) is 0 Å². The Morgan fingerprint density at radius 2 is 1.56 bits per heavy atom. The summed E-state index contributed by atoms with van der Waals surface area (Å²) in [4.78, 5) is 0. The van der Waals surface area contributed by atoms with Crippen LogP contribution in [-0.2, 0) is 19.9 Å². The van der Waals surface area contributed by atoms with Crippen molar-refractivity contribution in [2.45, 2.75) is 0 Å². The molecule has 0 fully saturated rings. The lowest BCUT2D eigenvalue weighted by atomic mass is 11.9. The normalized spacial score (nSPS) is 13.6. The van der Waals surface area contributed by atoms with Gasteiger partial charge in [0, 0.05) is 6.26 Å². The van der Waals surface area contributed by atoms with Crippen molar-refractivity contribution in [3.63, 3.8) is 0 Å². The minimum atomic E-state index is -3.99. The molecule has 0 aliphatic carbocycles. The third-order valence-corrected chi connectivity index (χ3v) is 2.78. The highest BCUT2D eigenvalue weighted by atomic mass is 32.3. The molecule has 7 heteroatoms. The van der Waals surface area contributed by atoms with Crippen molar-refractivity contribution in [1.29, 1.82) is 0 Å². The van der Waals surface area contributed by atoms with Crippen LogP contribution in [0.5, 0.6) is 0 Å². The van der Waals surface area contributed by atoms with E-state index in [9.17, 15) is 16.8 Å². The summed E-state index contributed by atoms with van der Waals surface area (Å²) in [5.74, 6) is 0. The Morgan fingerprint density at radius 1 is 1.22 bits per heavy atom. The number of hydrogen-bond acceptors (Lipinski definition) is 4.